The van der Waals surface area contributed by atoms with Crippen LogP contribution in [0.4, 0.5) is 0 Å². The zero-order chi connectivity index (χ0) is 22.2. The Bertz CT molecular complexity index is 1040. The van der Waals surface area contributed by atoms with E-state index in [0.29, 0.717) is 22.8 Å². The fraction of sp³-hybridized carbons (Fsp3) is 0.286. The van der Waals surface area contributed by atoms with Crippen LogP contribution in [0.2, 0.25) is 0 Å². The number of fused-ring (bicyclic) bond motifs is 1. The van der Waals surface area contributed by atoms with Crippen LogP contribution in [0.3, 0.4) is 0 Å². The van der Waals surface area contributed by atoms with Gasteiger partial charge in [0.15, 0.2) is 22.4 Å². The Hall–Kier alpha value is -2.98. The minimum atomic E-state index is -0.483. The number of nitrogens with zero attached hydrogens (tertiary/aromatic N) is 1. The minimum absolute atomic E-state index is 0.0800. The summed E-state index contributed by atoms with van der Waals surface area (Å²) in [6.07, 6.45) is 0. The Morgan fingerprint density at radius 2 is 1.74 bits per heavy atom. The first-order valence-corrected chi connectivity index (χ1v) is 11.0. The number of carbonyl (C=O) groups excluding carboxylic acids is 2. The maximum atomic E-state index is 12.1. The van der Waals surface area contributed by atoms with Gasteiger partial charge in [0.1, 0.15) is 5.75 Å². The van der Waals surface area contributed by atoms with Gasteiger partial charge in [0, 0.05) is 18.2 Å². The molecule has 164 valence electrons. The molecule has 1 aromatic heterocycles. The van der Waals surface area contributed by atoms with Gasteiger partial charge in [0.2, 0.25) is 0 Å². The molecule has 0 aliphatic rings. The largest absolute Gasteiger partial charge is 0.496 e. The molecular formula is C21H22N2O6S2. The van der Waals surface area contributed by atoms with Crippen molar-refractivity contribution in [3.8, 4) is 17.2 Å². The first kappa shape index (κ1) is 22.7. The van der Waals surface area contributed by atoms with Gasteiger partial charge in [0.25, 0.3) is 5.91 Å². The Morgan fingerprint density at radius 3 is 2.45 bits per heavy atom. The molecule has 0 aliphatic carbocycles. The topological polar surface area (TPSA) is 96.0 Å². The third-order valence-electron chi connectivity index (χ3n) is 4.21. The summed E-state index contributed by atoms with van der Waals surface area (Å²) in [5.41, 5.74) is 1.60. The molecule has 2 aromatic carbocycles. The molecule has 0 atom stereocenters. The molecule has 0 bridgehead atoms. The van der Waals surface area contributed by atoms with Crippen LogP contribution in [0.1, 0.15) is 5.56 Å². The number of amides is 1. The molecule has 1 heterocycles. The van der Waals surface area contributed by atoms with Crippen LogP contribution in [-0.4, -0.2) is 50.5 Å². The number of aromatic nitrogens is 1. The van der Waals surface area contributed by atoms with Crippen LogP contribution in [-0.2, 0) is 20.9 Å². The standard InChI is InChI=1S/C21H22N2O6S2/c1-26-15-9-17(28-3)16(27-2)8-13(15)10-22-19(24)11-29-20(25)12-30-21-23-14-6-4-5-7-18(14)31-21/h4-9H,10-12H2,1-3H3,(H,22,24). The van der Waals surface area contributed by atoms with Crippen molar-refractivity contribution in [3.05, 3.63) is 42.0 Å². The van der Waals surface area contributed by atoms with E-state index in [9.17, 15) is 9.59 Å². The van der Waals surface area contributed by atoms with E-state index in [-0.39, 0.29) is 18.9 Å². The quantitative estimate of drug-likeness (QED) is 0.362. The summed E-state index contributed by atoms with van der Waals surface area (Å²) in [5.74, 6) is 0.761. The van der Waals surface area contributed by atoms with Crippen LogP contribution in [0.15, 0.2) is 40.7 Å². The highest BCUT2D eigenvalue weighted by atomic mass is 32.2. The SMILES string of the molecule is COc1cc(OC)c(OC)cc1CNC(=O)COC(=O)CSc1nc2ccccc2s1. The number of rotatable bonds is 10. The van der Waals surface area contributed by atoms with Crippen molar-refractivity contribution >= 4 is 45.2 Å². The number of nitrogens with one attached hydrogen (secondary N) is 1. The van der Waals surface area contributed by atoms with Gasteiger partial charge in [-0.2, -0.15) is 0 Å². The molecule has 31 heavy (non-hydrogen) atoms. The van der Waals surface area contributed by atoms with Crippen LogP contribution in [0.25, 0.3) is 10.2 Å². The lowest BCUT2D eigenvalue weighted by atomic mass is 10.1. The molecule has 1 N–H and O–H groups in total. The number of esters is 1. The van der Waals surface area contributed by atoms with Gasteiger partial charge in [-0.05, 0) is 18.2 Å². The lowest BCUT2D eigenvalue weighted by Gasteiger charge is -2.14. The second kappa shape index (κ2) is 10.9. The predicted octanol–water partition coefficient (Wildman–Crippen LogP) is 3.27. The molecule has 8 nitrogen and oxygen atoms in total. The van der Waals surface area contributed by atoms with E-state index in [1.54, 1.807) is 12.1 Å². The maximum absolute atomic E-state index is 12.1. The predicted molar refractivity (Wildman–Crippen MR) is 119 cm³/mol. The lowest BCUT2D eigenvalue weighted by molar-refractivity contribution is -0.145. The number of carbonyl (C=O) groups is 2. The van der Waals surface area contributed by atoms with E-state index < -0.39 is 11.9 Å². The minimum Gasteiger partial charge on any atom is -0.496 e. The van der Waals surface area contributed by atoms with Crippen molar-refractivity contribution < 1.29 is 28.5 Å². The lowest BCUT2D eigenvalue weighted by Crippen LogP contribution is -2.28. The summed E-state index contributed by atoms with van der Waals surface area (Å²) < 4.78 is 22.7. The van der Waals surface area contributed by atoms with Crippen molar-refractivity contribution in [3.63, 3.8) is 0 Å². The molecule has 0 spiro atoms. The van der Waals surface area contributed by atoms with Crippen molar-refractivity contribution in [1.29, 1.82) is 0 Å². The number of hydrogen-bond donors (Lipinski definition) is 1. The van der Waals surface area contributed by atoms with Gasteiger partial charge in [-0.3, -0.25) is 9.59 Å². The number of thiazole rings is 1. The number of ether oxygens (including phenoxy) is 4. The smallest absolute Gasteiger partial charge is 0.316 e. The maximum Gasteiger partial charge on any atom is 0.316 e. The molecule has 3 rings (SSSR count). The van der Waals surface area contributed by atoms with E-state index in [0.717, 1.165) is 14.6 Å². The summed E-state index contributed by atoms with van der Waals surface area (Å²) in [5, 5.41) is 2.70. The van der Waals surface area contributed by atoms with Gasteiger partial charge in [-0.15, -0.1) is 11.3 Å². The normalized spacial score (nSPS) is 10.5. The zero-order valence-corrected chi connectivity index (χ0v) is 18.9. The molecule has 0 aliphatic heterocycles. The third kappa shape index (κ3) is 6.02. The molecule has 1 amide bonds. The number of para-hydroxylation sites is 1. The van der Waals surface area contributed by atoms with Crippen molar-refractivity contribution in [2.24, 2.45) is 0 Å². The molecule has 0 saturated carbocycles. The highest BCUT2D eigenvalue weighted by Crippen LogP contribution is 2.34. The first-order valence-electron chi connectivity index (χ1n) is 9.23. The number of thioether (sulfide) groups is 1. The van der Waals surface area contributed by atoms with Crippen molar-refractivity contribution in [2.75, 3.05) is 33.7 Å². The number of methoxy groups -OCH3 is 3. The summed E-state index contributed by atoms with van der Waals surface area (Å²) in [6, 6.07) is 11.2. The van der Waals surface area contributed by atoms with Crippen LogP contribution >= 0.6 is 23.1 Å². The average molecular weight is 463 g/mol. The molecule has 0 saturated heterocycles. The zero-order valence-electron chi connectivity index (χ0n) is 17.3. The number of hydrogen-bond acceptors (Lipinski definition) is 9. The highest BCUT2D eigenvalue weighted by molar-refractivity contribution is 8.01. The first-order chi connectivity index (χ1) is 15.0. The summed E-state index contributed by atoms with van der Waals surface area (Å²) in [6.45, 7) is -0.185. The van der Waals surface area contributed by atoms with Gasteiger partial charge < -0.3 is 24.3 Å². The molecular weight excluding hydrogens is 440 g/mol. The van der Waals surface area contributed by atoms with E-state index in [2.05, 4.69) is 10.3 Å². The second-order valence-electron chi connectivity index (χ2n) is 6.19. The van der Waals surface area contributed by atoms with Crippen LogP contribution < -0.4 is 19.5 Å². The molecule has 0 unspecified atom stereocenters. The summed E-state index contributed by atoms with van der Waals surface area (Å²) in [7, 11) is 4.58. The Morgan fingerprint density at radius 1 is 1.03 bits per heavy atom. The third-order valence-corrected chi connectivity index (χ3v) is 6.37. The second-order valence-corrected chi connectivity index (χ2v) is 8.45. The Balaban J connectivity index is 1.46. The van der Waals surface area contributed by atoms with E-state index >= 15 is 0 Å². The van der Waals surface area contributed by atoms with Gasteiger partial charge >= 0.3 is 5.97 Å². The molecule has 0 fully saturated rings. The van der Waals surface area contributed by atoms with Crippen LogP contribution in [0, 0.1) is 0 Å². The summed E-state index contributed by atoms with van der Waals surface area (Å²) >= 11 is 2.80. The van der Waals surface area contributed by atoms with E-state index in [4.69, 9.17) is 18.9 Å². The fourth-order valence-electron chi connectivity index (χ4n) is 2.70. The molecule has 10 heteroatoms. The van der Waals surface area contributed by atoms with E-state index in [1.807, 2.05) is 24.3 Å². The Labute approximate surface area is 187 Å². The fourth-order valence-corrected chi connectivity index (χ4v) is 4.56. The van der Waals surface area contributed by atoms with Crippen molar-refractivity contribution in [1.82, 2.24) is 10.3 Å². The van der Waals surface area contributed by atoms with Gasteiger partial charge in [0.05, 0.1) is 37.3 Å². The molecule has 0 radical (unpaired) electrons. The summed E-state index contributed by atoms with van der Waals surface area (Å²) in [4.78, 5) is 28.5. The number of benzene rings is 2. The molecule has 3 aromatic rings. The van der Waals surface area contributed by atoms with Crippen LogP contribution in [0.5, 0.6) is 17.2 Å². The van der Waals surface area contributed by atoms with Gasteiger partial charge in [-0.25, -0.2) is 4.98 Å². The van der Waals surface area contributed by atoms with E-state index in [1.165, 1.54) is 44.4 Å². The Kier molecular flexibility index (Phi) is 7.96. The highest BCUT2D eigenvalue weighted by Gasteiger charge is 2.14. The monoisotopic (exact) mass is 462 g/mol. The average Bonchev–Trinajstić information content (AvgIpc) is 3.22. The van der Waals surface area contributed by atoms with Crippen molar-refractivity contribution in [2.45, 2.75) is 10.9 Å². The van der Waals surface area contributed by atoms with Gasteiger partial charge in [-0.1, -0.05) is 23.9 Å².